The number of ether oxygens (including phenoxy) is 2. The van der Waals surface area contributed by atoms with E-state index in [-0.39, 0.29) is 12.2 Å². The molecule has 2 aliphatic heterocycles. The number of hydrogen-bond donors (Lipinski definition) is 0. The number of halogens is 2. The second kappa shape index (κ2) is 8.20. The second-order valence-electron chi connectivity index (χ2n) is 7.80. The average molecular weight is 442 g/mol. The lowest BCUT2D eigenvalue weighted by Gasteiger charge is -2.37. The fourth-order valence-corrected chi connectivity index (χ4v) is 4.14. The molecule has 0 atom stereocenters. The maximum absolute atomic E-state index is 13.0. The Hall–Kier alpha value is -3.52. The van der Waals surface area contributed by atoms with E-state index in [1.165, 1.54) is 6.20 Å². The van der Waals surface area contributed by atoms with E-state index in [2.05, 4.69) is 20.9 Å². The van der Waals surface area contributed by atoms with Crippen molar-refractivity contribution in [3.63, 3.8) is 0 Å². The van der Waals surface area contributed by atoms with Gasteiger partial charge >= 0.3 is 12.6 Å². The molecule has 32 heavy (non-hydrogen) atoms. The Kier molecular flexibility index (Phi) is 5.22. The normalized spacial score (nSPS) is 18.6. The molecule has 1 amide bonds. The van der Waals surface area contributed by atoms with Gasteiger partial charge in [-0.05, 0) is 6.07 Å². The monoisotopic (exact) mass is 442 g/mol. The van der Waals surface area contributed by atoms with Crippen LogP contribution in [0.1, 0.15) is 23.5 Å². The highest BCUT2D eigenvalue weighted by atomic mass is 19.3. The lowest BCUT2D eigenvalue weighted by molar-refractivity contribution is -0.104. The van der Waals surface area contributed by atoms with Crippen LogP contribution in [-0.4, -0.2) is 71.0 Å². The first-order valence-corrected chi connectivity index (χ1v) is 10.3. The topological polar surface area (TPSA) is 96.5 Å². The van der Waals surface area contributed by atoms with E-state index in [0.29, 0.717) is 78.5 Å². The van der Waals surface area contributed by atoms with Crippen LogP contribution in [0.3, 0.4) is 0 Å². The molecule has 2 aromatic heterocycles. The van der Waals surface area contributed by atoms with Crippen molar-refractivity contribution < 1.29 is 23.0 Å². The minimum Gasteiger partial charge on any atom is -0.441 e. The van der Waals surface area contributed by atoms with Crippen molar-refractivity contribution in [2.75, 3.05) is 44.3 Å². The third-order valence-corrected chi connectivity index (χ3v) is 5.90. The van der Waals surface area contributed by atoms with Gasteiger partial charge in [-0.2, -0.15) is 14.0 Å². The van der Waals surface area contributed by atoms with Crippen LogP contribution in [-0.2, 0) is 15.9 Å². The molecule has 0 spiro atoms. The maximum Gasteiger partial charge on any atom is 0.410 e. The summed E-state index contributed by atoms with van der Waals surface area (Å²) in [6.45, 7) is 0.300. The molecule has 5 rings (SSSR count). The molecule has 0 unspecified atom stereocenters. The summed E-state index contributed by atoms with van der Waals surface area (Å²) < 4.78 is 37.1. The van der Waals surface area contributed by atoms with Gasteiger partial charge in [0.15, 0.2) is 6.10 Å². The number of amides is 1. The molecule has 166 valence electrons. The summed E-state index contributed by atoms with van der Waals surface area (Å²) in [6.07, 6.45) is 3.84. The summed E-state index contributed by atoms with van der Waals surface area (Å²) in [7, 11) is 0. The highest BCUT2D eigenvalue weighted by molar-refractivity contribution is 6.04. The van der Waals surface area contributed by atoms with Crippen molar-refractivity contribution >= 4 is 22.9 Å². The summed E-state index contributed by atoms with van der Waals surface area (Å²) in [4.78, 5) is 24.6. The Balaban J connectivity index is 1.37. The fraction of sp³-hybridized carbons (Fsp3) is 0.429. The first-order valence-electron chi connectivity index (χ1n) is 10.3. The number of carbonyl (C=O) groups excluding carboxylic acids is 1. The fourth-order valence-electron chi connectivity index (χ4n) is 4.14. The highest BCUT2D eigenvalue weighted by Crippen LogP contribution is 2.41. The molecule has 1 aliphatic carbocycles. The number of anilines is 1. The van der Waals surface area contributed by atoms with Gasteiger partial charge < -0.3 is 19.3 Å². The minimum absolute atomic E-state index is 0.167. The van der Waals surface area contributed by atoms with Crippen molar-refractivity contribution in [1.82, 2.24) is 19.4 Å². The molecule has 2 aromatic rings. The van der Waals surface area contributed by atoms with Gasteiger partial charge in [-0.1, -0.05) is 0 Å². The maximum atomic E-state index is 13.0. The molecule has 0 saturated carbocycles. The standard InChI is InChI=1S/C21H20F2N6O3/c22-20(23)29-9-17(26-12-29)14-7-16-19(15(14)8-24)18(1-2-25-16)27-3-5-28(6-4-27)21(30)32-13-10-31-11-13/h1-2,9,12-13,20H,3-7,10-11H2. The number of imidazole rings is 1. The van der Waals surface area contributed by atoms with Crippen LogP contribution in [0.2, 0.25) is 0 Å². The third kappa shape index (κ3) is 3.56. The molecule has 3 aliphatic rings. The van der Waals surface area contributed by atoms with Crippen LogP contribution in [0.4, 0.5) is 19.3 Å². The van der Waals surface area contributed by atoms with E-state index in [4.69, 9.17) is 9.47 Å². The van der Waals surface area contributed by atoms with Crippen LogP contribution in [0, 0.1) is 11.3 Å². The minimum atomic E-state index is -2.69. The molecule has 0 aromatic carbocycles. The molecule has 2 saturated heterocycles. The van der Waals surface area contributed by atoms with Gasteiger partial charge in [-0.25, -0.2) is 9.78 Å². The number of pyridine rings is 1. The van der Waals surface area contributed by atoms with Crippen molar-refractivity contribution in [2.24, 2.45) is 0 Å². The van der Waals surface area contributed by atoms with Gasteiger partial charge in [0.25, 0.3) is 0 Å². The second-order valence-corrected chi connectivity index (χ2v) is 7.80. The van der Waals surface area contributed by atoms with Crippen LogP contribution < -0.4 is 4.90 Å². The number of alkyl halides is 2. The van der Waals surface area contributed by atoms with Crippen molar-refractivity contribution in [1.29, 1.82) is 5.26 Å². The molecule has 9 nitrogen and oxygen atoms in total. The number of carbonyl (C=O) groups is 1. The van der Waals surface area contributed by atoms with Gasteiger partial charge in [0, 0.05) is 61.8 Å². The Labute approximate surface area is 182 Å². The Morgan fingerprint density at radius 1 is 1.25 bits per heavy atom. The Morgan fingerprint density at radius 2 is 2.03 bits per heavy atom. The van der Waals surface area contributed by atoms with E-state index in [1.54, 1.807) is 11.1 Å². The van der Waals surface area contributed by atoms with E-state index >= 15 is 0 Å². The van der Waals surface area contributed by atoms with Gasteiger partial charge in [0.1, 0.15) is 6.07 Å². The van der Waals surface area contributed by atoms with Crippen LogP contribution in [0.15, 0.2) is 24.8 Å². The van der Waals surface area contributed by atoms with Gasteiger partial charge in [-0.15, -0.1) is 0 Å². The molecule has 0 radical (unpaired) electrons. The zero-order valence-electron chi connectivity index (χ0n) is 17.1. The Bertz CT molecular complexity index is 1110. The molecule has 4 heterocycles. The molecular weight excluding hydrogens is 422 g/mol. The summed E-state index contributed by atoms with van der Waals surface area (Å²) in [5, 5.41) is 9.89. The largest absolute Gasteiger partial charge is 0.441 e. The van der Waals surface area contributed by atoms with Crippen LogP contribution >= 0.6 is 0 Å². The summed E-state index contributed by atoms with van der Waals surface area (Å²) >= 11 is 0. The predicted octanol–water partition coefficient (Wildman–Crippen LogP) is 2.32. The third-order valence-electron chi connectivity index (χ3n) is 5.90. The summed E-state index contributed by atoms with van der Waals surface area (Å²) in [5.41, 5.74) is 3.60. The van der Waals surface area contributed by atoms with E-state index in [1.807, 2.05) is 6.07 Å². The lowest BCUT2D eigenvalue weighted by atomic mass is 10.0. The average Bonchev–Trinajstić information content (AvgIpc) is 3.40. The number of allylic oxidation sites excluding steroid dienone is 2. The number of fused-ring (bicyclic) bond motifs is 1. The summed E-state index contributed by atoms with van der Waals surface area (Å²) in [5.74, 6) is 0. The van der Waals surface area contributed by atoms with Crippen LogP contribution in [0.5, 0.6) is 0 Å². The number of rotatable bonds is 4. The first-order chi connectivity index (χ1) is 15.5. The molecule has 2 fully saturated rings. The molecular formula is C21H20F2N6O3. The van der Waals surface area contributed by atoms with E-state index in [9.17, 15) is 18.8 Å². The van der Waals surface area contributed by atoms with E-state index in [0.717, 1.165) is 12.0 Å². The lowest BCUT2D eigenvalue weighted by Crippen LogP contribution is -2.51. The van der Waals surface area contributed by atoms with Crippen molar-refractivity contribution in [3.05, 3.63) is 41.7 Å². The number of hydrogen-bond acceptors (Lipinski definition) is 7. The van der Waals surface area contributed by atoms with Gasteiger partial charge in [0.05, 0.1) is 36.5 Å². The number of nitrogens with zero attached hydrogens (tertiary/aromatic N) is 6. The molecule has 0 N–H and O–H groups in total. The number of nitriles is 1. The number of aromatic nitrogens is 3. The summed E-state index contributed by atoms with van der Waals surface area (Å²) in [6, 6.07) is 4.07. The van der Waals surface area contributed by atoms with Gasteiger partial charge in [-0.3, -0.25) is 9.55 Å². The zero-order valence-corrected chi connectivity index (χ0v) is 17.1. The SMILES string of the molecule is N#CC1=C(c2cn(C(F)F)cn2)Cc2nccc(N3CCN(C(=O)OC4COC4)CC3)c21. The van der Waals surface area contributed by atoms with Gasteiger partial charge in [0.2, 0.25) is 0 Å². The highest BCUT2D eigenvalue weighted by Gasteiger charge is 2.32. The Morgan fingerprint density at radius 3 is 2.66 bits per heavy atom. The smallest absolute Gasteiger partial charge is 0.410 e. The van der Waals surface area contributed by atoms with Crippen LogP contribution in [0.25, 0.3) is 11.1 Å². The zero-order chi connectivity index (χ0) is 22.2. The predicted molar refractivity (Wildman–Crippen MR) is 109 cm³/mol. The van der Waals surface area contributed by atoms with E-state index < -0.39 is 6.55 Å². The quantitative estimate of drug-likeness (QED) is 0.717. The van der Waals surface area contributed by atoms with Crippen molar-refractivity contribution in [2.45, 2.75) is 19.1 Å². The van der Waals surface area contributed by atoms with Crippen molar-refractivity contribution in [3.8, 4) is 6.07 Å². The number of piperazine rings is 1. The first kappa shape index (κ1) is 20.4. The molecule has 11 heteroatoms. The molecule has 0 bridgehead atoms.